The summed E-state index contributed by atoms with van der Waals surface area (Å²) in [5.74, 6) is 0.718. The second-order valence-electron chi connectivity index (χ2n) is 8.38. The Morgan fingerprint density at radius 3 is 2.19 bits per heavy atom. The van der Waals surface area contributed by atoms with Crippen molar-refractivity contribution in [2.45, 2.75) is 64.1 Å². The molecule has 0 saturated heterocycles. The van der Waals surface area contributed by atoms with Gasteiger partial charge in [-0.15, -0.1) is 0 Å². The summed E-state index contributed by atoms with van der Waals surface area (Å²) in [7, 11) is -4.06. The third kappa shape index (κ3) is 4.57. The van der Waals surface area contributed by atoms with E-state index in [1.54, 1.807) is 13.8 Å². The SMILES string of the molecule is Cc1c(C)c(S(=O)(=O)NC(=S)c2ccc(C(F)(F)F)cc2)c(C)c2c1OC(C)(C)CC2. The predicted octanol–water partition coefficient (Wildman–Crippen LogP) is 5.39. The van der Waals surface area contributed by atoms with Gasteiger partial charge in [0.05, 0.1) is 10.5 Å². The molecule has 0 bridgehead atoms. The fourth-order valence-corrected chi connectivity index (χ4v) is 5.81. The first-order valence-corrected chi connectivity index (χ1v) is 11.6. The first-order chi connectivity index (χ1) is 14.1. The summed E-state index contributed by atoms with van der Waals surface area (Å²) < 4.78 is 73.3. The van der Waals surface area contributed by atoms with Gasteiger partial charge < -0.3 is 4.74 Å². The number of ether oxygens (including phenoxy) is 1. The van der Waals surface area contributed by atoms with E-state index in [0.717, 1.165) is 47.6 Å². The number of hydrogen-bond acceptors (Lipinski definition) is 4. The van der Waals surface area contributed by atoms with Crippen LogP contribution in [0.1, 0.15) is 53.6 Å². The number of fused-ring (bicyclic) bond motifs is 1. The van der Waals surface area contributed by atoms with E-state index in [-0.39, 0.29) is 21.0 Å². The fourth-order valence-electron chi connectivity index (χ4n) is 3.79. The van der Waals surface area contributed by atoms with Gasteiger partial charge in [0, 0.05) is 5.56 Å². The first kappa shape index (κ1) is 23.5. The Balaban J connectivity index is 1.97. The highest BCUT2D eigenvalue weighted by Gasteiger charge is 2.34. The lowest BCUT2D eigenvalue weighted by Crippen LogP contribution is -2.35. The molecule has 1 N–H and O–H groups in total. The van der Waals surface area contributed by atoms with Crippen LogP contribution in [0.5, 0.6) is 5.75 Å². The summed E-state index contributed by atoms with van der Waals surface area (Å²) in [6, 6.07) is 4.05. The van der Waals surface area contributed by atoms with Gasteiger partial charge in [-0.2, -0.15) is 13.2 Å². The minimum absolute atomic E-state index is 0.126. The third-order valence-electron chi connectivity index (χ3n) is 5.64. The summed E-state index contributed by atoms with van der Waals surface area (Å²) in [6.45, 7) is 9.26. The highest BCUT2D eigenvalue weighted by atomic mass is 32.2. The molecule has 2 aromatic carbocycles. The molecule has 0 fully saturated rings. The van der Waals surface area contributed by atoms with E-state index in [1.807, 2.05) is 20.8 Å². The standard InChI is InChI=1S/C22H24F3NO3S2/c1-12-13(2)19(14(3)17-10-11-21(4,5)29-18(12)17)31(27,28)26-20(30)15-6-8-16(9-7-15)22(23,24)25/h6-9H,10-11H2,1-5H3,(H,26,30). The van der Waals surface area contributed by atoms with Crippen molar-refractivity contribution in [2.75, 3.05) is 0 Å². The van der Waals surface area contributed by atoms with E-state index in [4.69, 9.17) is 17.0 Å². The van der Waals surface area contributed by atoms with Crippen molar-refractivity contribution in [3.05, 3.63) is 57.6 Å². The number of nitrogens with one attached hydrogen (secondary N) is 1. The number of alkyl halides is 3. The minimum atomic E-state index is -4.48. The summed E-state index contributed by atoms with van der Waals surface area (Å²) in [5, 5.41) is 0. The molecule has 1 heterocycles. The zero-order valence-electron chi connectivity index (χ0n) is 17.9. The van der Waals surface area contributed by atoms with E-state index in [0.29, 0.717) is 17.5 Å². The highest BCUT2D eigenvalue weighted by Crippen LogP contribution is 2.42. The number of halogens is 3. The molecule has 0 aromatic heterocycles. The zero-order chi connectivity index (χ0) is 23.4. The number of sulfonamides is 1. The molecule has 0 saturated carbocycles. The number of rotatable bonds is 3. The van der Waals surface area contributed by atoms with Crippen molar-refractivity contribution in [1.29, 1.82) is 0 Å². The Bertz CT molecular complexity index is 1150. The Hall–Kier alpha value is -2.13. The summed E-state index contributed by atoms with van der Waals surface area (Å²) >= 11 is 5.18. The average Bonchev–Trinajstić information content (AvgIpc) is 2.64. The quantitative estimate of drug-likeness (QED) is 0.610. The zero-order valence-corrected chi connectivity index (χ0v) is 19.5. The molecule has 1 aliphatic rings. The monoisotopic (exact) mass is 471 g/mol. The molecule has 168 valence electrons. The lowest BCUT2D eigenvalue weighted by molar-refractivity contribution is -0.137. The molecule has 0 amide bonds. The molecular weight excluding hydrogens is 447 g/mol. The van der Waals surface area contributed by atoms with Gasteiger partial charge in [0.2, 0.25) is 0 Å². The summed E-state index contributed by atoms with van der Waals surface area (Å²) in [4.78, 5) is -0.0402. The predicted molar refractivity (Wildman–Crippen MR) is 117 cm³/mol. The van der Waals surface area contributed by atoms with Crippen LogP contribution in [0, 0.1) is 20.8 Å². The van der Waals surface area contributed by atoms with Gasteiger partial charge in [0.1, 0.15) is 16.3 Å². The van der Waals surface area contributed by atoms with Crippen LogP contribution in [0.4, 0.5) is 13.2 Å². The van der Waals surface area contributed by atoms with Crippen molar-refractivity contribution in [3.63, 3.8) is 0 Å². The Morgan fingerprint density at radius 2 is 1.65 bits per heavy atom. The normalized spacial score (nSPS) is 15.7. The smallest absolute Gasteiger partial charge is 0.416 e. The molecule has 1 aliphatic heterocycles. The van der Waals surface area contributed by atoms with Crippen molar-refractivity contribution in [2.24, 2.45) is 0 Å². The number of thiocarbonyl (C=S) groups is 1. The van der Waals surface area contributed by atoms with Crippen LogP contribution >= 0.6 is 12.2 Å². The van der Waals surface area contributed by atoms with Crippen LogP contribution < -0.4 is 9.46 Å². The lowest BCUT2D eigenvalue weighted by Gasteiger charge is -2.35. The van der Waals surface area contributed by atoms with Gasteiger partial charge in [0.25, 0.3) is 10.0 Å². The Kier molecular flexibility index (Phi) is 5.90. The molecule has 0 aliphatic carbocycles. The van der Waals surface area contributed by atoms with Crippen LogP contribution in [0.25, 0.3) is 0 Å². The molecule has 0 unspecified atom stereocenters. The maximum atomic E-state index is 13.2. The molecule has 4 nitrogen and oxygen atoms in total. The topological polar surface area (TPSA) is 55.4 Å². The molecule has 0 radical (unpaired) electrons. The van der Waals surface area contributed by atoms with Gasteiger partial charge >= 0.3 is 6.18 Å². The molecule has 0 atom stereocenters. The second kappa shape index (κ2) is 7.78. The highest BCUT2D eigenvalue weighted by molar-refractivity contribution is 7.92. The molecule has 3 rings (SSSR count). The third-order valence-corrected chi connectivity index (χ3v) is 7.73. The molecule has 9 heteroatoms. The van der Waals surface area contributed by atoms with Crippen LogP contribution in [0.3, 0.4) is 0 Å². The molecule has 31 heavy (non-hydrogen) atoms. The van der Waals surface area contributed by atoms with Crippen molar-refractivity contribution < 1.29 is 26.3 Å². The van der Waals surface area contributed by atoms with Crippen LogP contribution in [-0.2, 0) is 22.6 Å². The summed E-state index contributed by atoms with van der Waals surface area (Å²) in [5.41, 5.74) is 1.76. The summed E-state index contributed by atoms with van der Waals surface area (Å²) in [6.07, 6.45) is -3.05. The Labute approximate surface area is 185 Å². The van der Waals surface area contributed by atoms with Crippen LogP contribution in [-0.4, -0.2) is 19.0 Å². The van der Waals surface area contributed by atoms with Crippen molar-refractivity contribution >= 4 is 27.2 Å². The molecule has 0 spiro atoms. The first-order valence-electron chi connectivity index (χ1n) is 9.70. The van der Waals surface area contributed by atoms with Gasteiger partial charge in [-0.05, 0) is 81.8 Å². The van der Waals surface area contributed by atoms with Gasteiger partial charge in [-0.25, -0.2) is 8.42 Å². The number of benzene rings is 2. The van der Waals surface area contributed by atoms with E-state index < -0.39 is 21.8 Å². The van der Waals surface area contributed by atoms with Crippen LogP contribution in [0.15, 0.2) is 29.2 Å². The fraction of sp³-hybridized carbons (Fsp3) is 0.409. The second-order valence-corrected chi connectivity index (χ2v) is 10.4. The largest absolute Gasteiger partial charge is 0.487 e. The average molecular weight is 472 g/mol. The minimum Gasteiger partial charge on any atom is -0.487 e. The van der Waals surface area contributed by atoms with E-state index >= 15 is 0 Å². The molecule has 2 aromatic rings. The number of hydrogen-bond donors (Lipinski definition) is 1. The van der Waals surface area contributed by atoms with E-state index in [9.17, 15) is 21.6 Å². The molecular formula is C22H24F3NO3S2. The maximum absolute atomic E-state index is 13.2. The van der Waals surface area contributed by atoms with Crippen molar-refractivity contribution in [3.8, 4) is 5.75 Å². The van der Waals surface area contributed by atoms with Gasteiger partial charge in [0.15, 0.2) is 0 Å². The van der Waals surface area contributed by atoms with Crippen molar-refractivity contribution in [1.82, 2.24) is 4.72 Å². The lowest BCUT2D eigenvalue weighted by atomic mass is 9.88. The van der Waals surface area contributed by atoms with Gasteiger partial charge in [-0.3, -0.25) is 4.72 Å². The van der Waals surface area contributed by atoms with E-state index in [1.165, 1.54) is 0 Å². The Morgan fingerprint density at radius 1 is 1.06 bits per heavy atom. The van der Waals surface area contributed by atoms with E-state index in [2.05, 4.69) is 4.72 Å². The van der Waals surface area contributed by atoms with Gasteiger partial charge in [-0.1, -0.05) is 24.4 Å². The van der Waals surface area contributed by atoms with Crippen LogP contribution in [0.2, 0.25) is 0 Å². The maximum Gasteiger partial charge on any atom is 0.416 e.